The van der Waals surface area contributed by atoms with E-state index in [2.05, 4.69) is 15.3 Å². The summed E-state index contributed by atoms with van der Waals surface area (Å²) >= 11 is 0. The minimum Gasteiger partial charge on any atom is -0.465 e. The Morgan fingerprint density at radius 2 is 1.91 bits per heavy atom. The van der Waals surface area contributed by atoms with Crippen LogP contribution in [0.3, 0.4) is 0 Å². The molecule has 1 heterocycles. The number of carbonyl (C=O) groups is 1. The van der Waals surface area contributed by atoms with E-state index in [0.29, 0.717) is 23.0 Å². The lowest BCUT2D eigenvalue weighted by Gasteiger charge is -2.08. The van der Waals surface area contributed by atoms with E-state index in [4.69, 9.17) is 10.5 Å². The number of benzene rings is 2. The number of hydrogen-bond acceptors (Lipinski definition) is 6. The van der Waals surface area contributed by atoms with Crippen LogP contribution in [0.15, 0.2) is 48.5 Å². The van der Waals surface area contributed by atoms with E-state index in [1.807, 2.05) is 24.3 Å². The number of fused-ring (bicyclic) bond motifs is 1. The molecule has 0 saturated heterocycles. The van der Waals surface area contributed by atoms with Gasteiger partial charge in [0.1, 0.15) is 5.82 Å². The molecule has 3 aromatic rings. The van der Waals surface area contributed by atoms with Crippen LogP contribution in [0.25, 0.3) is 10.9 Å². The average molecular weight is 331 g/mol. The van der Waals surface area contributed by atoms with Crippen LogP contribution in [-0.2, 0) is 4.74 Å². The molecule has 6 nitrogen and oxygen atoms in total. The van der Waals surface area contributed by atoms with Gasteiger partial charge in [-0.05, 0) is 30.3 Å². The van der Waals surface area contributed by atoms with E-state index >= 15 is 0 Å². The van der Waals surface area contributed by atoms with Crippen LogP contribution >= 0.6 is 12.4 Å². The molecule has 2 aromatic carbocycles. The van der Waals surface area contributed by atoms with Crippen molar-refractivity contribution in [3.05, 3.63) is 54.1 Å². The summed E-state index contributed by atoms with van der Waals surface area (Å²) in [5, 5.41) is 3.85. The van der Waals surface area contributed by atoms with Gasteiger partial charge in [0.05, 0.1) is 18.2 Å². The first-order valence-electron chi connectivity index (χ1n) is 6.65. The van der Waals surface area contributed by atoms with Crippen molar-refractivity contribution in [2.75, 3.05) is 18.2 Å². The normalized spacial score (nSPS) is 9.96. The van der Waals surface area contributed by atoms with Gasteiger partial charge in [-0.25, -0.2) is 9.78 Å². The molecule has 23 heavy (non-hydrogen) atoms. The number of methoxy groups -OCH3 is 1. The molecule has 0 aliphatic rings. The summed E-state index contributed by atoms with van der Waals surface area (Å²) in [7, 11) is 1.34. The van der Waals surface area contributed by atoms with Gasteiger partial charge in [-0.1, -0.05) is 18.2 Å². The number of rotatable bonds is 3. The highest BCUT2D eigenvalue weighted by Crippen LogP contribution is 2.21. The second-order valence-electron chi connectivity index (χ2n) is 4.65. The van der Waals surface area contributed by atoms with E-state index in [-0.39, 0.29) is 12.4 Å². The third-order valence-electron chi connectivity index (χ3n) is 3.17. The van der Waals surface area contributed by atoms with Crippen LogP contribution in [0.2, 0.25) is 0 Å². The Labute approximate surface area is 139 Å². The number of nitrogen functional groups attached to an aromatic ring is 1. The smallest absolute Gasteiger partial charge is 0.337 e. The standard InChI is InChI=1S/C16H14N4O2.ClH/c1-22-15(21)10-5-4-6-11(9-10)18-16-19-13-8-3-2-7-12(13)14(17)20-16;/h2-9H,1H3,(H3,17,18,19,20);1H. The monoisotopic (exact) mass is 330 g/mol. The van der Waals surface area contributed by atoms with Crippen molar-refractivity contribution in [3.63, 3.8) is 0 Å². The SMILES string of the molecule is COC(=O)c1cccc(Nc2nc(N)c3ccccc3n2)c1.Cl. The molecule has 0 aliphatic heterocycles. The van der Waals surface area contributed by atoms with Gasteiger partial charge in [0.25, 0.3) is 0 Å². The lowest BCUT2D eigenvalue weighted by atomic mass is 10.2. The number of para-hydroxylation sites is 1. The second-order valence-corrected chi connectivity index (χ2v) is 4.65. The number of esters is 1. The number of halogens is 1. The van der Waals surface area contributed by atoms with Crippen LogP contribution in [-0.4, -0.2) is 23.0 Å². The Balaban J connectivity index is 0.00000192. The van der Waals surface area contributed by atoms with E-state index in [1.54, 1.807) is 24.3 Å². The Morgan fingerprint density at radius 1 is 1.13 bits per heavy atom. The molecule has 1 aromatic heterocycles. The second kappa shape index (κ2) is 6.93. The molecular formula is C16H15ClN4O2. The van der Waals surface area contributed by atoms with E-state index in [9.17, 15) is 4.79 Å². The summed E-state index contributed by atoms with van der Waals surface area (Å²) in [5.41, 5.74) is 7.82. The molecule has 0 aliphatic carbocycles. The van der Waals surface area contributed by atoms with Crippen molar-refractivity contribution in [2.45, 2.75) is 0 Å². The van der Waals surface area contributed by atoms with Gasteiger partial charge < -0.3 is 15.8 Å². The van der Waals surface area contributed by atoms with Crippen molar-refractivity contribution in [1.82, 2.24) is 9.97 Å². The Bertz CT molecular complexity index is 854. The lowest BCUT2D eigenvalue weighted by Crippen LogP contribution is -2.04. The number of hydrogen-bond donors (Lipinski definition) is 2. The highest BCUT2D eigenvalue weighted by molar-refractivity contribution is 5.91. The van der Waals surface area contributed by atoms with Crippen LogP contribution in [0, 0.1) is 0 Å². The topological polar surface area (TPSA) is 90.1 Å². The quantitative estimate of drug-likeness (QED) is 0.717. The van der Waals surface area contributed by atoms with Gasteiger partial charge in [-0.3, -0.25) is 0 Å². The predicted molar refractivity (Wildman–Crippen MR) is 92.3 cm³/mol. The van der Waals surface area contributed by atoms with Crippen molar-refractivity contribution in [3.8, 4) is 0 Å². The minimum absolute atomic E-state index is 0. The number of aromatic nitrogens is 2. The Hall–Kier alpha value is -2.86. The van der Waals surface area contributed by atoms with Gasteiger partial charge in [-0.15, -0.1) is 12.4 Å². The van der Waals surface area contributed by atoms with Crippen LogP contribution in [0.1, 0.15) is 10.4 Å². The lowest BCUT2D eigenvalue weighted by molar-refractivity contribution is 0.0601. The van der Waals surface area contributed by atoms with Crippen LogP contribution in [0.4, 0.5) is 17.5 Å². The maximum Gasteiger partial charge on any atom is 0.337 e. The summed E-state index contributed by atoms with van der Waals surface area (Å²) in [6, 6.07) is 14.4. The minimum atomic E-state index is -0.400. The van der Waals surface area contributed by atoms with Gasteiger partial charge in [0.2, 0.25) is 5.95 Å². The Kier molecular flexibility index (Phi) is 4.98. The first-order chi connectivity index (χ1) is 10.7. The summed E-state index contributed by atoms with van der Waals surface area (Å²) in [6.45, 7) is 0. The number of anilines is 3. The average Bonchev–Trinajstić information content (AvgIpc) is 2.54. The number of nitrogens with zero attached hydrogens (tertiary/aromatic N) is 2. The summed E-state index contributed by atoms with van der Waals surface area (Å²) in [4.78, 5) is 20.2. The molecule has 3 N–H and O–H groups in total. The van der Waals surface area contributed by atoms with E-state index in [1.165, 1.54) is 7.11 Å². The fraction of sp³-hybridized carbons (Fsp3) is 0.0625. The fourth-order valence-electron chi connectivity index (χ4n) is 2.13. The van der Waals surface area contributed by atoms with Gasteiger partial charge in [0.15, 0.2) is 0 Å². The Morgan fingerprint density at radius 3 is 2.70 bits per heavy atom. The van der Waals surface area contributed by atoms with E-state index in [0.717, 1.165) is 10.9 Å². The van der Waals surface area contributed by atoms with Crippen molar-refractivity contribution >= 4 is 46.7 Å². The third kappa shape index (κ3) is 3.49. The largest absolute Gasteiger partial charge is 0.465 e. The first-order valence-corrected chi connectivity index (χ1v) is 6.65. The number of nitrogens with one attached hydrogen (secondary N) is 1. The molecule has 0 unspecified atom stereocenters. The third-order valence-corrected chi connectivity index (χ3v) is 3.17. The van der Waals surface area contributed by atoms with Gasteiger partial charge in [0, 0.05) is 11.1 Å². The van der Waals surface area contributed by atoms with Crippen LogP contribution < -0.4 is 11.1 Å². The fourth-order valence-corrected chi connectivity index (χ4v) is 2.13. The van der Waals surface area contributed by atoms with Crippen molar-refractivity contribution in [2.24, 2.45) is 0 Å². The molecule has 0 fully saturated rings. The molecule has 7 heteroatoms. The molecule has 0 saturated carbocycles. The molecule has 0 spiro atoms. The molecule has 0 radical (unpaired) electrons. The molecule has 0 amide bonds. The zero-order chi connectivity index (χ0) is 15.5. The number of carbonyl (C=O) groups excluding carboxylic acids is 1. The van der Waals surface area contributed by atoms with Crippen LogP contribution in [0.5, 0.6) is 0 Å². The molecule has 118 valence electrons. The predicted octanol–water partition coefficient (Wildman–Crippen LogP) is 3.16. The zero-order valence-electron chi connectivity index (χ0n) is 12.3. The number of nitrogens with two attached hydrogens (primary N) is 1. The molecule has 0 bridgehead atoms. The summed E-state index contributed by atoms with van der Waals surface area (Å²) in [5.74, 6) is 0.373. The molecule has 0 atom stereocenters. The molecular weight excluding hydrogens is 316 g/mol. The highest BCUT2D eigenvalue weighted by atomic mass is 35.5. The summed E-state index contributed by atoms with van der Waals surface area (Å²) < 4.78 is 4.70. The van der Waals surface area contributed by atoms with E-state index < -0.39 is 5.97 Å². The zero-order valence-corrected chi connectivity index (χ0v) is 13.1. The molecule has 3 rings (SSSR count). The summed E-state index contributed by atoms with van der Waals surface area (Å²) in [6.07, 6.45) is 0. The van der Waals surface area contributed by atoms with Gasteiger partial charge in [-0.2, -0.15) is 4.98 Å². The maximum atomic E-state index is 11.5. The maximum absolute atomic E-state index is 11.5. The van der Waals surface area contributed by atoms with Crippen molar-refractivity contribution in [1.29, 1.82) is 0 Å². The van der Waals surface area contributed by atoms with Crippen molar-refractivity contribution < 1.29 is 9.53 Å². The number of ether oxygens (including phenoxy) is 1. The van der Waals surface area contributed by atoms with Gasteiger partial charge >= 0.3 is 5.97 Å². The highest BCUT2D eigenvalue weighted by Gasteiger charge is 2.08. The first kappa shape index (κ1) is 16.5.